The van der Waals surface area contributed by atoms with Crippen LogP contribution in [0.5, 0.6) is 11.5 Å². The molecule has 0 unspecified atom stereocenters. The molecule has 7 nitrogen and oxygen atoms in total. The first-order valence-corrected chi connectivity index (χ1v) is 10.3. The number of carbonyl (C=O) groups is 2. The number of rotatable bonds is 9. The Morgan fingerprint density at radius 2 is 1.71 bits per heavy atom. The predicted molar refractivity (Wildman–Crippen MR) is 115 cm³/mol. The third kappa shape index (κ3) is 8.29. The molecule has 0 spiro atoms. The Bertz CT molecular complexity index is 635. The van der Waals surface area contributed by atoms with Gasteiger partial charge in [-0.15, -0.1) is 0 Å². The number of hydrogen-bond acceptors (Lipinski definition) is 7. The van der Waals surface area contributed by atoms with E-state index >= 15 is 0 Å². The lowest BCUT2D eigenvalue weighted by molar-refractivity contribution is -0.117. The highest BCUT2D eigenvalue weighted by Crippen LogP contribution is 2.32. The van der Waals surface area contributed by atoms with Gasteiger partial charge in [-0.3, -0.25) is 4.79 Å². The van der Waals surface area contributed by atoms with E-state index in [1.165, 1.54) is 26.0 Å². The Morgan fingerprint density at radius 3 is 2.25 bits per heavy atom. The zero-order chi connectivity index (χ0) is 21.7. The molecule has 160 valence electrons. The minimum atomic E-state index is -0.665. The quantitative estimate of drug-likeness (QED) is 0.583. The van der Waals surface area contributed by atoms with Crippen molar-refractivity contribution in [1.29, 1.82) is 0 Å². The molecule has 0 heterocycles. The molecular weight excluding hydrogens is 380 g/mol. The number of alkyl carbamates (subject to hydrolysis) is 1. The van der Waals surface area contributed by atoms with Crippen molar-refractivity contribution in [2.24, 2.45) is 5.41 Å². The topological polar surface area (TPSA) is 99.9 Å². The van der Waals surface area contributed by atoms with Gasteiger partial charge < -0.3 is 25.3 Å². The van der Waals surface area contributed by atoms with E-state index in [2.05, 4.69) is 5.32 Å². The van der Waals surface area contributed by atoms with Crippen LogP contribution in [0.3, 0.4) is 0 Å². The summed E-state index contributed by atoms with van der Waals surface area (Å²) in [6.45, 7) is 9.79. The van der Waals surface area contributed by atoms with Crippen molar-refractivity contribution in [3.8, 4) is 11.5 Å². The van der Waals surface area contributed by atoms with Crippen LogP contribution in [0, 0.1) is 5.41 Å². The standard InChI is InChI=1S/C18H28N2O5S.C2H6/c1-6-7-26-16(21)18(2,3)11-20-17(22)25-10-12-8-14(23-4)15(24-5)9-13(12)19;1-2/h8-9H,6-7,10-11,19H2,1-5H3,(H,20,22);1-2H3. The van der Waals surface area contributed by atoms with Gasteiger partial charge in [0.05, 0.1) is 19.6 Å². The van der Waals surface area contributed by atoms with E-state index < -0.39 is 11.5 Å². The predicted octanol–water partition coefficient (Wildman–Crippen LogP) is 4.23. The molecule has 0 saturated heterocycles. The number of anilines is 1. The number of ether oxygens (including phenoxy) is 3. The molecule has 1 aromatic rings. The smallest absolute Gasteiger partial charge is 0.407 e. The molecule has 0 atom stereocenters. The zero-order valence-corrected chi connectivity index (χ0v) is 18.8. The third-order valence-electron chi connectivity index (χ3n) is 3.67. The molecule has 1 rings (SSSR count). The Kier molecular flexibility index (Phi) is 12.2. The molecule has 0 aromatic heterocycles. The van der Waals surface area contributed by atoms with E-state index in [9.17, 15) is 9.59 Å². The van der Waals surface area contributed by atoms with Crippen molar-refractivity contribution >= 4 is 28.7 Å². The third-order valence-corrected chi connectivity index (χ3v) is 5.10. The molecule has 0 aliphatic heterocycles. The van der Waals surface area contributed by atoms with Crippen molar-refractivity contribution in [2.75, 3.05) is 32.3 Å². The normalized spacial score (nSPS) is 10.4. The van der Waals surface area contributed by atoms with Crippen LogP contribution in [0.15, 0.2) is 12.1 Å². The van der Waals surface area contributed by atoms with Crippen molar-refractivity contribution < 1.29 is 23.8 Å². The second kappa shape index (κ2) is 13.1. The highest BCUT2D eigenvalue weighted by atomic mass is 32.2. The number of nitrogens with one attached hydrogen (secondary N) is 1. The molecule has 3 N–H and O–H groups in total. The van der Waals surface area contributed by atoms with Crippen LogP contribution in [0.1, 0.15) is 46.6 Å². The van der Waals surface area contributed by atoms with Gasteiger partial charge >= 0.3 is 6.09 Å². The molecule has 1 aromatic carbocycles. The van der Waals surface area contributed by atoms with E-state index in [-0.39, 0.29) is 18.3 Å². The van der Waals surface area contributed by atoms with Gasteiger partial charge in [0, 0.05) is 29.6 Å². The molecule has 0 saturated carbocycles. The average Bonchev–Trinajstić information content (AvgIpc) is 2.70. The summed E-state index contributed by atoms with van der Waals surface area (Å²) in [5, 5.41) is 2.67. The van der Waals surface area contributed by atoms with Crippen LogP contribution in [-0.2, 0) is 16.1 Å². The molecule has 8 heteroatoms. The minimum Gasteiger partial charge on any atom is -0.493 e. The molecule has 0 fully saturated rings. The Morgan fingerprint density at radius 1 is 1.14 bits per heavy atom. The molecule has 28 heavy (non-hydrogen) atoms. The number of methoxy groups -OCH3 is 2. The van der Waals surface area contributed by atoms with Crippen molar-refractivity contribution in [3.63, 3.8) is 0 Å². The average molecular weight is 415 g/mol. The Balaban J connectivity index is 0.00000352. The summed E-state index contributed by atoms with van der Waals surface area (Å²) in [5.41, 5.74) is 6.31. The largest absolute Gasteiger partial charge is 0.493 e. The maximum Gasteiger partial charge on any atom is 0.407 e. The first-order valence-electron chi connectivity index (χ1n) is 9.33. The second-order valence-electron chi connectivity index (χ2n) is 6.36. The first-order chi connectivity index (χ1) is 13.2. The fraction of sp³-hybridized carbons (Fsp3) is 0.600. The highest BCUT2D eigenvalue weighted by Gasteiger charge is 2.28. The number of carbonyl (C=O) groups excluding carboxylic acids is 2. The Hall–Kier alpha value is -2.09. The summed E-state index contributed by atoms with van der Waals surface area (Å²) in [5.74, 6) is 1.77. The molecule has 0 aliphatic rings. The number of benzene rings is 1. The first kappa shape index (κ1) is 25.9. The summed E-state index contributed by atoms with van der Waals surface area (Å²) in [6, 6.07) is 3.28. The lowest BCUT2D eigenvalue weighted by atomic mass is 9.96. The number of nitrogens with two attached hydrogens (primary N) is 1. The van der Waals surface area contributed by atoms with E-state index in [4.69, 9.17) is 19.9 Å². The molecule has 0 radical (unpaired) electrons. The van der Waals surface area contributed by atoms with Gasteiger partial charge in [-0.2, -0.15) is 0 Å². The summed E-state index contributed by atoms with van der Waals surface area (Å²) in [7, 11) is 3.03. The fourth-order valence-corrected chi connectivity index (χ4v) is 2.86. The molecular formula is C20H34N2O5S. The zero-order valence-electron chi connectivity index (χ0n) is 18.0. The van der Waals surface area contributed by atoms with E-state index in [0.717, 1.165) is 12.2 Å². The van der Waals surface area contributed by atoms with Gasteiger partial charge in [0.15, 0.2) is 16.6 Å². The second-order valence-corrected chi connectivity index (χ2v) is 7.42. The maximum absolute atomic E-state index is 12.1. The minimum absolute atomic E-state index is 0.0169. The molecule has 0 bridgehead atoms. The summed E-state index contributed by atoms with van der Waals surface area (Å²) in [6.07, 6.45) is 0.315. The van der Waals surface area contributed by atoms with Crippen molar-refractivity contribution in [2.45, 2.75) is 47.6 Å². The molecule has 0 aliphatic carbocycles. The van der Waals surface area contributed by atoms with E-state index in [0.29, 0.717) is 22.7 Å². The van der Waals surface area contributed by atoms with Gasteiger partial charge in [0.2, 0.25) is 0 Å². The SMILES string of the molecule is CC.CCCSC(=O)C(C)(C)CNC(=O)OCc1cc(OC)c(OC)cc1N. The van der Waals surface area contributed by atoms with Crippen LogP contribution >= 0.6 is 11.8 Å². The Labute approximate surface area is 172 Å². The van der Waals surface area contributed by atoms with Crippen LogP contribution in [-0.4, -0.2) is 37.7 Å². The lowest BCUT2D eigenvalue weighted by Crippen LogP contribution is -2.38. The van der Waals surface area contributed by atoms with Crippen LogP contribution in [0.4, 0.5) is 10.5 Å². The number of nitrogen functional groups attached to an aromatic ring is 1. The summed E-state index contributed by atoms with van der Waals surface area (Å²) < 4.78 is 15.6. The van der Waals surface area contributed by atoms with Crippen molar-refractivity contribution in [1.82, 2.24) is 5.32 Å². The van der Waals surface area contributed by atoms with E-state index in [1.54, 1.807) is 26.0 Å². The van der Waals surface area contributed by atoms with Gasteiger partial charge in [-0.1, -0.05) is 46.4 Å². The van der Waals surface area contributed by atoms with Crippen LogP contribution in [0.2, 0.25) is 0 Å². The number of hydrogen-bond donors (Lipinski definition) is 2. The maximum atomic E-state index is 12.1. The number of amides is 1. The monoisotopic (exact) mass is 414 g/mol. The van der Waals surface area contributed by atoms with Gasteiger partial charge in [-0.25, -0.2) is 4.79 Å². The lowest BCUT2D eigenvalue weighted by Gasteiger charge is -2.22. The van der Waals surface area contributed by atoms with Crippen LogP contribution in [0.25, 0.3) is 0 Å². The van der Waals surface area contributed by atoms with Crippen molar-refractivity contribution in [3.05, 3.63) is 17.7 Å². The highest BCUT2D eigenvalue weighted by molar-refractivity contribution is 8.13. The van der Waals surface area contributed by atoms with Gasteiger partial charge in [-0.05, 0) is 12.5 Å². The fourth-order valence-electron chi connectivity index (χ4n) is 2.01. The summed E-state index contributed by atoms with van der Waals surface area (Å²) >= 11 is 1.28. The van der Waals surface area contributed by atoms with Gasteiger partial charge in [0.1, 0.15) is 6.61 Å². The summed E-state index contributed by atoms with van der Waals surface area (Å²) in [4.78, 5) is 24.1. The number of thioether (sulfide) groups is 1. The van der Waals surface area contributed by atoms with E-state index in [1.807, 2.05) is 20.8 Å². The molecule has 1 amide bonds. The van der Waals surface area contributed by atoms with Crippen LogP contribution < -0.4 is 20.5 Å². The van der Waals surface area contributed by atoms with Gasteiger partial charge in [0.25, 0.3) is 0 Å².